The van der Waals surface area contributed by atoms with E-state index in [0.717, 1.165) is 0 Å². The fourth-order valence-electron chi connectivity index (χ4n) is 1.09. The van der Waals surface area contributed by atoms with Crippen LogP contribution in [0.1, 0.15) is 27.2 Å². The van der Waals surface area contributed by atoms with E-state index in [9.17, 15) is 0 Å². The zero-order chi connectivity index (χ0) is 7.11. The lowest BCUT2D eigenvalue weighted by Gasteiger charge is -2.11. The molecule has 56 valence electrons. The summed E-state index contributed by atoms with van der Waals surface area (Å²) in [5.41, 5.74) is 0. The second-order valence-corrected chi connectivity index (χ2v) is 5.65. The van der Waals surface area contributed by atoms with Crippen molar-refractivity contribution in [2.45, 2.75) is 39.3 Å². The van der Waals surface area contributed by atoms with E-state index in [1.807, 2.05) is 0 Å². The third-order valence-corrected chi connectivity index (χ3v) is 4.87. The first-order valence-electron chi connectivity index (χ1n) is 4.08. The van der Waals surface area contributed by atoms with Crippen molar-refractivity contribution in [1.29, 1.82) is 0 Å². The molecule has 0 amide bonds. The van der Waals surface area contributed by atoms with Gasteiger partial charge in [-0.25, -0.2) is 0 Å². The van der Waals surface area contributed by atoms with Gasteiger partial charge in [0, 0.05) is 0 Å². The van der Waals surface area contributed by atoms with Crippen LogP contribution in [0.5, 0.6) is 0 Å². The van der Waals surface area contributed by atoms with Crippen molar-refractivity contribution in [2.75, 3.05) is 6.54 Å². The molecule has 1 atom stereocenters. The molecule has 9 heavy (non-hydrogen) atoms. The topological polar surface area (TPSA) is 12.0 Å². The van der Waals surface area contributed by atoms with Crippen molar-refractivity contribution in [2.24, 2.45) is 0 Å². The monoisotopic (exact) mass is 145 g/mol. The predicted octanol–water partition coefficient (Wildman–Crippen LogP) is 1.75. The lowest BCUT2D eigenvalue weighted by atomic mass is 10.6. The Hall–Kier alpha value is 0.177. The van der Waals surface area contributed by atoms with Crippen LogP contribution in [-0.4, -0.2) is 15.5 Å². The van der Waals surface area contributed by atoms with Crippen molar-refractivity contribution in [3.63, 3.8) is 0 Å². The molecule has 0 radical (unpaired) electrons. The van der Waals surface area contributed by atoms with Crippen molar-refractivity contribution in [3.05, 3.63) is 0 Å². The molecule has 0 aliphatic heterocycles. The Morgan fingerprint density at radius 2 is 1.89 bits per heavy atom. The Morgan fingerprint density at radius 1 is 1.22 bits per heavy atom. The molecule has 0 saturated heterocycles. The summed E-state index contributed by atoms with van der Waals surface area (Å²) in [4.78, 5) is 3.57. The fourth-order valence-corrected chi connectivity index (χ4v) is 3.26. The van der Waals surface area contributed by atoms with Crippen LogP contribution in [0.15, 0.2) is 0 Å². The quantitative estimate of drug-likeness (QED) is 0.581. The molecule has 0 aromatic heterocycles. The minimum Gasteiger partial charge on any atom is -0.340 e. The predicted molar refractivity (Wildman–Crippen MR) is 46.4 cm³/mol. The molecule has 0 aromatic carbocycles. The highest BCUT2D eigenvalue weighted by Crippen LogP contribution is 1.97. The third kappa shape index (κ3) is 4.67. The molecule has 0 fully saturated rings. The SMILES string of the molecule is CCC[SiH](CC)NCC. The Balaban J connectivity index is 3.18. The first-order chi connectivity index (χ1) is 4.35. The molecule has 1 N–H and O–H groups in total. The zero-order valence-electron chi connectivity index (χ0n) is 6.91. The fraction of sp³-hybridized carbons (Fsp3) is 1.00. The molecule has 0 saturated carbocycles. The van der Waals surface area contributed by atoms with Crippen molar-refractivity contribution >= 4 is 8.96 Å². The summed E-state index contributed by atoms with van der Waals surface area (Å²) < 4.78 is 0. The first kappa shape index (κ1) is 9.18. The summed E-state index contributed by atoms with van der Waals surface area (Å²) in [6.45, 7) is 7.94. The van der Waals surface area contributed by atoms with Crippen molar-refractivity contribution < 1.29 is 0 Å². The van der Waals surface area contributed by atoms with Gasteiger partial charge < -0.3 is 4.98 Å². The number of rotatable bonds is 5. The van der Waals surface area contributed by atoms with Gasteiger partial charge in [-0.1, -0.05) is 27.2 Å². The van der Waals surface area contributed by atoms with E-state index >= 15 is 0 Å². The molecule has 0 aromatic rings. The lowest BCUT2D eigenvalue weighted by molar-refractivity contribution is 0.931. The van der Waals surface area contributed by atoms with E-state index < -0.39 is 8.96 Å². The Kier molecular flexibility index (Phi) is 6.42. The summed E-state index contributed by atoms with van der Waals surface area (Å²) in [6, 6.07) is 2.87. The normalized spacial score (nSPS) is 13.7. The average Bonchev–Trinajstić information content (AvgIpc) is 1.88. The first-order valence-corrected chi connectivity index (χ1v) is 6.29. The van der Waals surface area contributed by atoms with Gasteiger partial charge in [0.1, 0.15) is 8.96 Å². The summed E-state index contributed by atoms with van der Waals surface area (Å²) in [7, 11) is -0.463. The molecule has 2 heteroatoms. The van der Waals surface area contributed by atoms with Gasteiger partial charge >= 0.3 is 0 Å². The standard InChI is InChI=1S/C7H19NSi/c1-4-7-9(6-3)8-5-2/h8-9H,4-7H2,1-3H3. The molecule has 0 heterocycles. The van der Waals surface area contributed by atoms with Crippen LogP contribution in [0, 0.1) is 0 Å². The molecule has 0 aliphatic rings. The molecule has 0 bridgehead atoms. The summed E-state index contributed by atoms with van der Waals surface area (Å²) >= 11 is 0. The summed E-state index contributed by atoms with van der Waals surface area (Å²) in [6.07, 6.45) is 1.36. The maximum absolute atomic E-state index is 3.57. The zero-order valence-corrected chi connectivity index (χ0v) is 8.06. The van der Waals surface area contributed by atoms with E-state index in [-0.39, 0.29) is 0 Å². The maximum Gasteiger partial charge on any atom is 0.108 e. The molecule has 0 aliphatic carbocycles. The summed E-state index contributed by atoms with van der Waals surface area (Å²) in [5.74, 6) is 0. The Labute approximate surface area is 60.5 Å². The lowest BCUT2D eigenvalue weighted by Crippen LogP contribution is -2.32. The van der Waals surface area contributed by atoms with E-state index in [2.05, 4.69) is 25.8 Å². The summed E-state index contributed by atoms with van der Waals surface area (Å²) in [5, 5.41) is 0. The van der Waals surface area contributed by atoms with Crippen LogP contribution < -0.4 is 4.98 Å². The van der Waals surface area contributed by atoms with E-state index in [4.69, 9.17) is 0 Å². The van der Waals surface area contributed by atoms with Gasteiger partial charge in [-0.2, -0.15) is 0 Å². The minimum atomic E-state index is -0.463. The van der Waals surface area contributed by atoms with Gasteiger partial charge in [0.2, 0.25) is 0 Å². The molecular weight excluding hydrogens is 126 g/mol. The van der Waals surface area contributed by atoms with Gasteiger partial charge in [0.15, 0.2) is 0 Å². The van der Waals surface area contributed by atoms with E-state index in [1.54, 1.807) is 0 Å². The van der Waals surface area contributed by atoms with Gasteiger partial charge in [-0.05, 0) is 18.6 Å². The van der Waals surface area contributed by atoms with Crippen LogP contribution in [0.2, 0.25) is 12.1 Å². The van der Waals surface area contributed by atoms with Crippen molar-refractivity contribution in [1.82, 2.24) is 4.98 Å². The Bertz CT molecular complexity index is 50.9. The van der Waals surface area contributed by atoms with Gasteiger partial charge in [-0.3, -0.25) is 0 Å². The van der Waals surface area contributed by atoms with Crippen LogP contribution in [-0.2, 0) is 0 Å². The number of hydrogen-bond donors (Lipinski definition) is 1. The highest BCUT2D eigenvalue weighted by atomic mass is 28.3. The second-order valence-electron chi connectivity index (χ2n) is 2.45. The number of hydrogen-bond acceptors (Lipinski definition) is 1. The van der Waals surface area contributed by atoms with E-state index in [0.29, 0.717) is 0 Å². The van der Waals surface area contributed by atoms with Crippen LogP contribution in [0.4, 0.5) is 0 Å². The smallest absolute Gasteiger partial charge is 0.108 e. The Morgan fingerprint density at radius 3 is 2.22 bits per heavy atom. The second kappa shape index (κ2) is 6.30. The third-order valence-electron chi connectivity index (χ3n) is 1.62. The van der Waals surface area contributed by atoms with Crippen LogP contribution >= 0.6 is 0 Å². The largest absolute Gasteiger partial charge is 0.340 e. The molecule has 1 unspecified atom stereocenters. The van der Waals surface area contributed by atoms with E-state index in [1.165, 1.54) is 25.1 Å². The van der Waals surface area contributed by atoms with Crippen molar-refractivity contribution in [3.8, 4) is 0 Å². The minimum absolute atomic E-state index is 0.463. The van der Waals surface area contributed by atoms with Gasteiger partial charge in [0.05, 0.1) is 0 Å². The average molecular weight is 145 g/mol. The van der Waals surface area contributed by atoms with Gasteiger partial charge in [-0.15, -0.1) is 0 Å². The molecule has 0 spiro atoms. The molecule has 0 rings (SSSR count). The van der Waals surface area contributed by atoms with Crippen LogP contribution in [0.3, 0.4) is 0 Å². The van der Waals surface area contributed by atoms with Gasteiger partial charge in [0.25, 0.3) is 0 Å². The maximum atomic E-state index is 3.57. The highest BCUT2D eigenvalue weighted by molar-refractivity contribution is 6.55. The number of nitrogens with one attached hydrogen (secondary N) is 1. The highest BCUT2D eigenvalue weighted by Gasteiger charge is 2.02. The molecular formula is C7H19NSi. The molecule has 1 nitrogen and oxygen atoms in total. The van der Waals surface area contributed by atoms with Crippen LogP contribution in [0.25, 0.3) is 0 Å².